The van der Waals surface area contributed by atoms with Crippen molar-refractivity contribution in [1.29, 1.82) is 0 Å². The first-order valence-electron chi connectivity index (χ1n) is 17.2. The number of likely N-dealkylation sites (tertiary alicyclic amines) is 1. The van der Waals surface area contributed by atoms with Crippen molar-refractivity contribution in [2.45, 2.75) is 26.2 Å². The number of pyridine rings is 1. The lowest BCUT2D eigenvalue weighted by Crippen LogP contribution is -2.34. The number of rotatable bonds is 11. The second-order valence-corrected chi connectivity index (χ2v) is 13.2. The van der Waals surface area contributed by atoms with Gasteiger partial charge in [-0.2, -0.15) is 5.10 Å². The smallest absolute Gasteiger partial charge is 0.280 e. The summed E-state index contributed by atoms with van der Waals surface area (Å²) in [6, 6.07) is 22.9. The Morgan fingerprint density at radius 3 is 2.52 bits per heavy atom. The fourth-order valence-electron chi connectivity index (χ4n) is 6.35. The molecule has 3 heterocycles. The number of hydrogen-bond acceptors (Lipinski definition) is 8. The number of piperidine rings is 1. The molecule has 0 saturated carbocycles. The number of ether oxygens (including phenoxy) is 3. The predicted octanol–water partition coefficient (Wildman–Crippen LogP) is 8.28. The lowest BCUT2D eigenvalue weighted by atomic mass is 9.99. The van der Waals surface area contributed by atoms with Crippen LogP contribution in [0.4, 0.5) is 10.1 Å². The van der Waals surface area contributed by atoms with E-state index in [-0.39, 0.29) is 22.5 Å². The Labute approximate surface area is 304 Å². The predicted molar refractivity (Wildman–Crippen MR) is 200 cm³/mol. The number of nitrogens with one attached hydrogen (secondary N) is 1. The Morgan fingerprint density at radius 2 is 1.73 bits per heavy atom. The van der Waals surface area contributed by atoms with Gasteiger partial charge in [0.2, 0.25) is 5.43 Å². The second kappa shape index (κ2) is 15.4. The summed E-state index contributed by atoms with van der Waals surface area (Å²) >= 11 is 6.44. The first kappa shape index (κ1) is 34.9. The molecule has 1 saturated heterocycles. The molecule has 2 aromatic heterocycles. The van der Waals surface area contributed by atoms with Crippen molar-refractivity contribution in [3.8, 4) is 28.7 Å². The van der Waals surface area contributed by atoms with Crippen molar-refractivity contribution in [3.05, 3.63) is 118 Å². The second-order valence-electron chi connectivity index (χ2n) is 12.8. The Bertz CT molecular complexity index is 2330. The minimum absolute atomic E-state index is 0.0817. The molecule has 4 aromatic carbocycles. The van der Waals surface area contributed by atoms with Gasteiger partial charge in [0.1, 0.15) is 5.75 Å². The van der Waals surface area contributed by atoms with E-state index >= 15 is 4.39 Å². The number of carbonyl (C=O) groups is 1. The van der Waals surface area contributed by atoms with E-state index in [4.69, 9.17) is 25.8 Å². The Kier molecular flexibility index (Phi) is 10.3. The van der Waals surface area contributed by atoms with Crippen LogP contribution in [0.3, 0.4) is 0 Å². The number of anilines is 1. The Balaban J connectivity index is 1.07. The summed E-state index contributed by atoms with van der Waals surface area (Å²) < 4.78 is 34.7. The van der Waals surface area contributed by atoms with E-state index in [1.165, 1.54) is 29.7 Å². The van der Waals surface area contributed by atoms with Crippen LogP contribution in [0.5, 0.6) is 23.0 Å². The first-order chi connectivity index (χ1) is 25.3. The molecule has 6 aromatic rings. The van der Waals surface area contributed by atoms with Crippen molar-refractivity contribution in [1.82, 2.24) is 19.7 Å². The number of aromatic nitrogens is 3. The standard InChI is InChI=1S/C40H37ClFN5O5/c1-25-15-19-46(20-16-25)18-7-21-51-37-24-31-28(23-36(37)50-2)34(14-17-43-31)52-35-13-12-26(22-30(35)42)44-40(49)38-39(48)27-8-3-5-10-32(27)47(45-38)33-11-6-4-9-29(33)41/h3-6,8-14,17,22-25H,7,15-16,18-21H2,1-2H3,(H,44,49). The van der Waals surface area contributed by atoms with E-state index < -0.39 is 17.2 Å². The number of amides is 1. The van der Waals surface area contributed by atoms with E-state index in [1.54, 1.807) is 80.0 Å². The number of para-hydroxylation sites is 2. The molecule has 10 nitrogen and oxygen atoms in total. The minimum Gasteiger partial charge on any atom is -0.493 e. The van der Waals surface area contributed by atoms with E-state index in [1.807, 2.05) is 0 Å². The van der Waals surface area contributed by atoms with Crippen LogP contribution < -0.4 is 25.0 Å². The third-order valence-corrected chi connectivity index (χ3v) is 9.56. The van der Waals surface area contributed by atoms with Crippen LogP contribution in [0.15, 0.2) is 95.9 Å². The monoisotopic (exact) mass is 721 g/mol. The highest BCUT2D eigenvalue weighted by Crippen LogP contribution is 2.38. The fraction of sp³-hybridized carbons (Fsp3) is 0.250. The van der Waals surface area contributed by atoms with Gasteiger partial charge in [-0.3, -0.25) is 14.6 Å². The number of fused-ring (bicyclic) bond motifs is 2. The molecule has 0 bridgehead atoms. The van der Waals surface area contributed by atoms with Crippen molar-refractivity contribution < 1.29 is 23.4 Å². The number of carbonyl (C=O) groups excluding carboxylic acids is 1. The van der Waals surface area contributed by atoms with Gasteiger partial charge in [-0.1, -0.05) is 42.8 Å². The molecular formula is C40H37ClFN5O5. The van der Waals surface area contributed by atoms with Crippen molar-refractivity contribution in [3.63, 3.8) is 0 Å². The maximum absolute atomic E-state index is 15.5. The summed E-state index contributed by atoms with van der Waals surface area (Å²) in [5.41, 5.74) is 0.714. The molecule has 1 fully saturated rings. The average molecular weight is 722 g/mol. The summed E-state index contributed by atoms with van der Waals surface area (Å²) in [5.74, 6) is 0.591. The maximum Gasteiger partial charge on any atom is 0.280 e. The molecule has 0 unspecified atom stereocenters. The first-order valence-corrected chi connectivity index (χ1v) is 17.5. The van der Waals surface area contributed by atoms with Gasteiger partial charge >= 0.3 is 0 Å². The summed E-state index contributed by atoms with van der Waals surface area (Å²) in [4.78, 5) is 33.8. The van der Waals surface area contributed by atoms with Gasteiger partial charge in [0.15, 0.2) is 28.8 Å². The third-order valence-electron chi connectivity index (χ3n) is 9.24. The van der Waals surface area contributed by atoms with Crippen molar-refractivity contribution in [2.24, 2.45) is 5.92 Å². The van der Waals surface area contributed by atoms with Gasteiger partial charge in [-0.05, 0) is 86.8 Å². The molecule has 1 aliphatic rings. The molecule has 1 amide bonds. The Morgan fingerprint density at radius 1 is 0.942 bits per heavy atom. The molecule has 52 heavy (non-hydrogen) atoms. The number of methoxy groups -OCH3 is 1. The maximum atomic E-state index is 15.5. The van der Waals surface area contributed by atoms with Gasteiger partial charge in [0.05, 0.1) is 40.8 Å². The van der Waals surface area contributed by atoms with E-state index in [2.05, 4.69) is 27.2 Å². The quantitative estimate of drug-likeness (QED) is 0.133. The van der Waals surface area contributed by atoms with Crippen LogP contribution >= 0.6 is 11.6 Å². The van der Waals surface area contributed by atoms with Gasteiger partial charge in [0, 0.05) is 35.9 Å². The van der Waals surface area contributed by atoms with Crippen LogP contribution in [-0.2, 0) is 0 Å². The normalized spacial score (nSPS) is 13.7. The van der Waals surface area contributed by atoms with Gasteiger partial charge < -0.3 is 24.4 Å². The van der Waals surface area contributed by atoms with Crippen LogP contribution in [0.25, 0.3) is 27.5 Å². The van der Waals surface area contributed by atoms with Crippen LogP contribution in [0.2, 0.25) is 5.02 Å². The largest absolute Gasteiger partial charge is 0.493 e. The lowest BCUT2D eigenvalue weighted by molar-refractivity contribution is 0.102. The molecule has 0 spiro atoms. The highest BCUT2D eigenvalue weighted by molar-refractivity contribution is 6.32. The molecule has 1 N–H and O–H groups in total. The van der Waals surface area contributed by atoms with Crippen LogP contribution in [-0.4, -0.2) is 58.9 Å². The van der Waals surface area contributed by atoms with Gasteiger partial charge in [-0.25, -0.2) is 9.07 Å². The third kappa shape index (κ3) is 7.42. The summed E-state index contributed by atoms with van der Waals surface area (Å²) in [6.45, 7) is 6.08. The average Bonchev–Trinajstić information content (AvgIpc) is 3.15. The van der Waals surface area contributed by atoms with E-state index in [9.17, 15) is 9.59 Å². The highest BCUT2D eigenvalue weighted by Gasteiger charge is 2.21. The zero-order chi connectivity index (χ0) is 36.2. The highest BCUT2D eigenvalue weighted by atomic mass is 35.5. The van der Waals surface area contributed by atoms with E-state index in [0.29, 0.717) is 51.0 Å². The van der Waals surface area contributed by atoms with Crippen LogP contribution in [0, 0.1) is 11.7 Å². The topological polar surface area (TPSA) is 108 Å². The number of benzene rings is 4. The lowest BCUT2D eigenvalue weighted by Gasteiger charge is -2.30. The van der Waals surface area contributed by atoms with Crippen molar-refractivity contribution in [2.75, 3.05) is 38.7 Å². The SMILES string of the molecule is COc1cc2c(Oc3ccc(NC(=O)c4nn(-c5ccccc5Cl)c5ccccc5c4=O)cc3F)ccnc2cc1OCCCN1CCC(C)CC1. The summed E-state index contributed by atoms with van der Waals surface area (Å²) in [5, 5.41) is 8.23. The minimum atomic E-state index is -0.809. The van der Waals surface area contributed by atoms with E-state index in [0.717, 1.165) is 38.0 Å². The summed E-state index contributed by atoms with van der Waals surface area (Å²) in [7, 11) is 1.56. The zero-order valence-electron chi connectivity index (χ0n) is 28.8. The van der Waals surface area contributed by atoms with Crippen LogP contribution in [0.1, 0.15) is 36.7 Å². The molecule has 0 radical (unpaired) electrons. The van der Waals surface area contributed by atoms with Gasteiger partial charge in [-0.15, -0.1) is 0 Å². The Hall–Kier alpha value is -5.52. The van der Waals surface area contributed by atoms with Crippen molar-refractivity contribution >= 4 is 45.0 Å². The number of nitrogens with zero attached hydrogens (tertiary/aromatic N) is 4. The molecule has 1 aliphatic heterocycles. The van der Waals surface area contributed by atoms with Gasteiger partial charge in [0.25, 0.3) is 5.91 Å². The molecule has 0 aliphatic carbocycles. The fourth-order valence-corrected chi connectivity index (χ4v) is 6.56. The molecule has 0 atom stereocenters. The zero-order valence-corrected chi connectivity index (χ0v) is 29.5. The summed E-state index contributed by atoms with van der Waals surface area (Å²) in [6.07, 6.45) is 4.93. The molecule has 7 rings (SSSR count). The molecular weight excluding hydrogens is 685 g/mol. The molecule has 12 heteroatoms. The number of hydrogen-bond donors (Lipinski definition) is 1. The molecule has 266 valence electrons. The number of halogens is 2.